The first kappa shape index (κ1) is 18.2. The smallest absolute Gasteiger partial charge is 0.295 e. The van der Waals surface area contributed by atoms with Gasteiger partial charge in [-0.25, -0.2) is 9.34 Å². The van der Waals surface area contributed by atoms with Crippen molar-refractivity contribution in [2.75, 3.05) is 24.3 Å². The molecule has 2 atom stereocenters. The van der Waals surface area contributed by atoms with Crippen LogP contribution in [0.15, 0.2) is 60.7 Å². The Labute approximate surface area is 151 Å². The summed E-state index contributed by atoms with van der Waals surface area (Å²) in [6, 6.07) is 20.7. The summed E-state index contributed by atoms with van der Waals surface area (Å²) in [7, 11) is -2.84. The van der Waals surface area contributed by atoms with Gasteiger partial charge in [-0.15, -0.1) is 0 Å². The first-order valence-electron chi connectivity index (χ1n) is 9.10. The molecule has 1 aliphatic heterocycles. The minimum atomic E-state index is -2.84. The molecule has 0 spiro atoms. The van der Waals surface area contributed by atoms with E-state index in [2.05, 4.69) is 59.0 Å². The summed E-state index contributed by atoms with van der Waals surface area (Å²) in [6.45, 7) is 9.42. The maximum atomic E-state index is 14.4. The molecule has 2 unspecified atom stereocenters. The second-order valence-electron chi connectivity index (χ2n) is 6.51. The second kappa shape index (κ2) is 7.74. The zero-order chi connectivity index (χ0) is 17.9. The lowest BCUT2D eigenvalue weighted by molar-refractivity contribution is 0.362. The van der Waals surface area contributed by atoms with Crippen LogP contribution >= 0.6 is 7.59 Å². The molecular formula is C20H28N3OP. The first-order valence-corrected chi connectivity index (χ1v) is 10.7. The van der Waals surface area contributed by atoms with Crippen LogP contribution in [0.4, 0.5) is 5.69 Å². The molecule has 0 aromatic heterocycles. The summed E-state index contributed by atoms with van der Waals surface area (Å²) in [5, 5.41) is 0. The van der Waals surface area contributed by atoms with Gasteiger partial charge in [0.2, 0.25) is 0 Å². The quantitative estimate of drug-likeness (QED) is 0.691. The molecule has 1 aliphatic rings. The van der Waals surface area contributed by atoms with Gasteiger partial charge in [0.05, 0.1) is 0 Å². The molecule has 1 heterocycles. The Hall–Kier alpha value is -1.61. The van der Waals surface area contributed by atoms with Crippen LogP contribution in [0.2, 0.25) is 0 Å². The molecule has 0 bridgehead atoms. The minimum absolute atomic E-state index is 0.206. The van der Waals surface area contributed by atoms with Crippen LogP contribution in [0.5, 0.6) is 0 Å². The predicted molar refractivity (Wildman–Crippen MR) is 106 cm³/mol. The van der Waals surface area contributed by atoms with E-state index in [1.807, 2.05) is 36.4 Å². The fraction of sp³-hybridized carbons (Fsp3) is 0.400. The van der Waals surface area contributed by atoms with Gasteiger partial charge in [0.15, 0.2) is 0 Å². The van der Waals surface area contributed by atoms with Crippen molar-refractivity contribution in [3.8, 4) is 0 Å². The van der Waals surface area contributed by atoms with E-state index in [0.717, 1.165) is 25.3 Å². The molecule has 2 aromatic carbocycles. The van der Waals surface area contributed by atoms with E-state index >= 15 is 0 Å². The standard InChI is InChI=1S/C20H28N3OP/c1-4-21(5-2)25(24)22(17-19-12-8-6-9-13-19)16-18(3)23(25)20-14-10-7-11-15-20/h6-15,18H,4-5,16-17H2,1-3H3. The van der Waals surface area contributed by atoms with Crippen molar-refractivity contribution in [2.45, 2.75) is 33.4 Å². The number of benzene rings is 2. The van der Waals surface area contributed by atoms with Gasteiger partial charge >= 0.3 is 7.59 Å². The van der Waals surface area contributed by atoms with Gasteiger partial charge in [-0.1, -0.05) is 62.4 Å². The topological polar surface area (TPSA) is 26.8 Å². The van der Waals surface area contributed by atoms with Gasteiger partial charge < -0.3 is 0 Å². The SMILES string of the molecule is CCN(CC)P1(=O)N(Cc2ccccc2)CC(C)N1c1ccccc1. The Morgan fingerprint density at radius 2 is 1.56 bits per heavy atom. The van der Waals surface area contributed by atoms with Crippen molar-refractivity contribution >= 4 is 13.3 Å². The van der Waals surface area contributed by atoms with Gasteiger partial charge in [-0.05, 0) is 24.6 Å². The van der Waals surface area contributed by atoms with Crippen molar-refractivity contribution in [3.63, 3.8) is 0 Å². The molecule has 4 nitrogen and oxygen atoms in total. The predicted octanol–water partition coefficient (Wildman–Crippen LogP) is 4.85. The minimum Gasteiger partial charge on any atom is -0.295 e. The fourth-order valence-electron chi connectivity index (χ4n) is 3.73. The number of anilines is 1. The summed E-state index contributed by atoms with van der Waals surface area (Å²) in [5.74, 6) is 0. The zero-order valence-electron chi connectivity index (χ0n) is 15.4. The third-order valence-electron chi connectivity index (χ3n) is 4.87. The number of hydrogen-bond acceptors (Lipinski definition) is 1. The first-order chi connectivity index (χ1) is 12.1. The summed E-state index contributed by atoms with van der Waals surface area (Å²) in [6.07, 6.45) is 0. The highest BCUT2D eigenvalue weighted by Gasteiger charge is 2.50. The average Bonchev–Trinajstić information content (AvgIpc) is 2.88. The highest BCUT2D eigenvalue weighted by atomic mass is 31.2. The van der Waals surface area contributed by atoms with Gasteiger partial charge in [-0.3, -0.25) is 9.24 Å². The van der Waals surface area contributed by atoms with Gasteiger partial charge in [0.25, 0.3) is 0 Å². The zero-order valence-corrected chi connectivity index (χ0v) is 16.3. The molecule has 1 saturated heterocycles. The normalized spacial score (nSPS) is 24.2. The Kier molecular flexibility index (Phi) is 5.63. The molecule has 0 amide bonds. The lowest BCUT2D eigenvalue weighted by Crippen LogP contribution is -2.34. The van der Waals surface area contributed by atoms with E-state index in [1.54, 1.807) is 0 Å². The van der Waals surface area contributed by atoms with Crippen molar-refractivity contribution in [2.24, 2.45) is 0 Å². The molecule has 3 rings (SSSR count). The number of hydrogen-bond donors (Lipinski definition) is 0. The van der Waals surface area contributed by atoms with E-state index in [4.69, 9.17) is 0 Å². The molecule has 0 saturated carbocycles. The Morgan fingerprint density at radius 1 is 1.00 bits per heavy atom. The summed E-state index contributed by atoms with van der Waals surface area (Å²) in [5.41, 5.74) is 2.25. The van der Waals surface area contributed by atoms with Crippen LogP contribution < -0.4 is 4.67 Å². The van der Waals surface area contributed by atoms with E-state index in [-0.39, 0.29) is 6.04 Å². The fourth-order valence-corrected chi connectivity index (χ4v) is 7.18. The van der Waals surface area contributed by atoms with Gasteiger partial charge in [0.1, 0.15) is 0 Å². The summed E-state index contributed by atoms with van der Waals surface area (Å²) >= 11 is 0. The molecule has 0 radical (unpaired) electrons. The molecule has 0 N–H and O–H groups in total. The Bertz CT molecular complexity index is 718. The lowest BCUT2D eigenvalue weighted by Gasteiger charge is -2.39. The van der Waals surface area contributed by atoms with E-state index in [9.17, 15) is 4.57 Å². The van der Waals surface area contributed by atoms with E-state index < -0.39 is 7.59 Å². The molecule has 0 aliphatic carbocycles. The van der Waals surface area contributed by atoms with Crippen molar-refractivity contribution in [3.05, 3.63) is 66.2 Å². The lowest BCUT2D eigenvalue weighted by atomic mass is 10.2. The molecule has 1 fully saturated rings. The Morgan fingerprint density at radius 3 is 2.12 bits per heavy atom. The maximum absolute atomic E-state index is 14.4. The molecule has 25 heavy (non-hydrogen) atoms. The van der Waals surface area contributed by atoms with Crippen molar-refractivity contribution in [1.82, 2.24) is 9.34 Å². The monoisotopic (exact) mass is 357 g/mol. The van der Waals surface area contributed by atoms with Crippen LogP contribution in [0.3, 0.4) is 0 Å². The highest BCUT2D eigenvalue weighted by molar-refractivity contribution is 7.61. The van der Waals surface area contributed by atoms with Crippen LogP contribution in [0.1, 0.15) is 26.3 Å². The number of nitrogens with zero attached hydrogens (tertiary/aromatic N) is 3. The largest absolute Gasteiger partial charge is 0.311 e. The third kappa shape index (κ3) is 3.39. The number of para-hydroxylation sites is 1. The van der Waals surface area contributed by atoms with Crippen LogP contribution in [0, 0.1) is 0 Å². The van der Waals surface area contributed by atoms with Crippen LogP contribution in [-0.4, -0.2) is 35.0 Å². The van der Waals surface area contributed by atoms with E-state index in [0.29, 0.717) is 6.54 Å². The third-order valence-corrected chi connectivity index (χ3v) is 8.40. The maximum Gasteiger partial charge on any atom is 0.311 e. The second-order valence-corrected chi connectivity index (χ2v) is 9.10. The van der Waals surface area contributed by atoms with Crippen molar-refractivity contribution in [1.29, 1.82) is 0 Å². The molecular weight excluding hydrogens is 329 g/mol. The highest BCUT2D eigenvalue weighted by Crippen LogP contribution is 2.63. The van der Waals surface area contributed by atoms with Gasteiger partial charge in [0, 0.05) is 37.9 Å². The summed E-state index contributed by atoms with van der Waals surface area (Å²) in [4.78, 5) is 0. The van der Waals surface area contributed by atoms with Crippen LogP contribution in [-0.2, 0) is 11.1 Å². The van der Waals surface area contributed by atoms with Crippen LogP contribution in [0.25, 0.3) is 0 Å². The average molecular weight is 357 g/mol. The molecule has 134 valence electrons. The van der Waals surface area contributed by atoms with E-state index in [1.165, 1.54) is 5.56 Å². The van der Waals surface area contributed by atoms with Crippen molar-refractivity contribution < 1.29 is 4.57 Å². The Balaban J connectivity index is 2.02. The molecule has 2 aromatic rings. The van der Waals surface area contributed by atoms with Gasteiger partial charge in [-0.2, -0.15) is 0 Å². The molecule has 5 heteroatoms. The number of rotatable bonds is 6. The summed E-state index contributed by atoms with van der Waals surface area (Å²) < 4.78 is 20.9.